The van der Waals surface area contributed by atoms with Gasteiger partial charge in [0.25, 0.3) is 5.56 Å². The van der Waals surface area contributed by atoms with E-state index in [-0.39, 0.29) is 11.4 Å². The summed E-state index contributed by atoms with van der Waals surface area (Å²) in [5.41, 5.74) is 9.96. The molecule has 1 heterocycles. The van der Waals surface area contributed by atoms with Gasteiger partial charge in [-0.1, -0.05) is 0 Å². The van der Waals surface area contributed by atoms with Gasteiger partial charge in [0.1, 0.15) is 5.70 Å². The van der Waals surface area contributed by atoms with Gasteiger partial charge in [0, 0.05) is 19.4 Å². The maximum atomic E-state index is 13.2. The number of nitrogen functional groups attached to an aromatic ring is 1. The Morgan fingerprint density at radius 1 is 1.67 bits per heavy atom. The van der Waals surface area contributed by atoms with Crippen molar-refractivity contribution in [2.75, 3.05) is 12.8 Å². The van der Waals surface area contributed by atoms with Crippen molar-refractivity contribution in [3.05, 3.63) is 34.9 Å². The van der Waals surface area contributed by atoms with Gasteiger partial charge in [0.2, 0.25) is 5.97 Å². The molecule has 0 saturated carbocycles. The summed E-state index contributed by atoms with van der Waals surface area (Å²) >= 11 is 0. The Kier molecular flexibility index (Phi) is 3.22. The molecule has 5 nitrogen and oxygen atoms in total. The van der Waals surface area contributed by atoms with Gasteiger partial charge < -0.3 is 11.5 Å². The van der Waals surface area contributed by atoms with Crippen molar-refractivity contribution in [2.24, 2.45) is 10.7 Å². The number of allylic oxidation sites excluding steroid dienone is 1. The minimum Gasteiger partial charge on any atom is -0.403 e. The predicted molar refractivity (Wildman–Crippen MR) is 58.0 cm³/mol. The van der Waals surface area contributed by atoms with Crippen molar-refractivity contribution in [1.82, 2.24) is 4.57 Å². The molecule has 4 N–H and O–H groups in total. The molecule has 0 radical (unpaired) electrons. The third-order valence-corrected chi connectivity index (χ3v) is 1.80. The topological polar surface area (TPSA) is 86.4 Å². The Morgan fingerprint density at radius 3 is 2.87 bits per heavy atom. The summed E-state index contributed by atoms with van der Waals surface area (Å²) in [7, 11) is 1.26. The van der Waals surface area contributed by atoms with Gasteiger partial charge in [0.15, 0.2) is 0 Å². The van der Waals surface area contributed by atoms with E-state index in [0.717, 1.165) is 10.8 Å². The molecular formula is C9H11FN4O. The normalized spacial score (nSPS) is 12.9. The molecule has 0 fully saturated rings. The second-order valence-corrected chi connectivity index (χ2v) is 2.71. The van der Waals surface area contributed by atoms with Crippen molar-refractivity contribution < 1.29 is 4.39 Å². The molecule has 1 rings (SSSR count). The van der Waals surface area contributed by atoms with E-state index in [9.17, 15) is 9.18 Å². The second-order valence-electron chi connectivity index (χ2n) is 2.71. The largest absolute Gasteiger partial charge is 0.403 e. The highest BCUT2D eigenvalue weighted by molar-refractivity contribution is 6.12. The van der Waals surface area contributed by atoms with Gasteiger partial charge in [0.05, 0.1) is 5.69 Å². The molecule has 0 aliphatic carbocycles. The number of aliphatic imine (C=N–C) groups is 1. The average molecular weight is 210 g/mol. The van der Waals surface area contributed by atoms with E-state index in [1.807, 2.05) is 0 Å². The van der Waals surface area contributed by atoms with Gasteiger partial charge in [-0.05, 0) is 12.1 Å². The van der Waals surface area contributed by atoms with E-state index in [4.69, 9.17) is 11.5 Å². The van der Waals surface area contributed by atoms with E-state index in [0.29, 0.717) is 0 Å². The maximum absolute atomic E-state index is 13.2. The zero-order chi connectivity index (χ0) is 11.4. The van der Waals surface area contributed by atoms with Crippen molar-refractivity contribution in [1.29, 1.82) is 0 Å². The fraction of sp³-hybridized carbons (Fsp3) is 0.111. The fourth-order valence-electron chi connectivity index (χ4n) is 1.06. The average Bonchev–Trinajstić information content (AvgIpc) is 2.24. The van der Waals surface area contributed by atoms with Crippen LogP contribution in [-0.4, -0.2) is 17.6 Å². The van der Waals surface area contributed by atoms with Gasteiger partial charge in [-0.15, -0.1) is 0 Å². The molecule has 0 saturated heterocycles. The number of rotatable bonds is 2. The number of halogens is 1. The molecule has 1 aromatic heterocycles. The van der Waals surface area contributed by atoms with E-state index < -0.39 is 11.5 Å². The number of nitrogens with zero attached hydrogens (tertiary/aromatic N) is 2. The van der Waals surface area contributed by atoms with E-state index in [2.05, 4.69) is 4.99 Å². The molecule has 0 aliphatic heterocycles. The minimum atomic E-state index is -0.829. The van der Waals surface area contributed by atoms with Crippen molar-refractivity contribution in [3.8, 4) is 0 Å². The molecule has 0 amide bonds. The Labute approximate surface area is 85.5 Å². The Bertz CT molecular complexity index is 475. The first-order chi connectivity index (χ1) is 7.11. The lowest BCUT2D eigenvalue weighted by Crippen LogP contribution is -2.24. The molecule has 1 aromatic rings. The first-order valence-electron chi connectivity index (χ1n) is 4.14. The van der Waals surface area contributed by atoms with Crippen LogP contribution in [0.1, 0.15) is 0 Å². The van der Waals surface area contributed by atoms with Crippen molar-refractivity contribution in [2.45, 2.75) is 0 Å². The molecule has 0 aromatic carbocycles. The lowest BCUT2D eigenvalue weighted by atomic mass is 10.3. The maximum Gasteiger partial charge on any atom is 0.278 e. The molecule has 0 aliphatic rings. The van der Waals surface area contributed by atoms with E-state index >= 15 is 0 Å². The lowest BCUT2D eigenvalue weighted by Gasteiger charge is -2.07. The molecule has 0 unspecified atom stereocenters. The zero-order valence-corrected chi connectivity index (χ0v) is 8.14. The highest BCUT2D eigenvalue weighted by Gasteiger charge is 2.10. The summed E-state index contributed by atoms with van der Waals surface area (Å²) in [4.78, 5) is 14.8. The summed E-state index contributed by atoms with van der Waals surface area (Å²) < 4.78 is 14.2. The van der Waals surface area contributed by atoms with Crippen LogP contribution in [0.25, 0.3) is 5.70 Å². The summed E-state index contributed by atoms with van der Waals surface area (Å²) in [6, 6.07) is 2.94. The molecule has 80 valence electrons. The number of hydrogen-bond donors (Lipinski definition) is 2. The lowest BCUT2D eigenvalue weighted by molar-refractivity contribution is 0.799. The summed E-state index contributed by atoms with van der Waals surface area (Å²) in [6.07, 6.45) is 2.32. The molecule has 0 spiro atoms. The molecule has 0 atom stereocenters. The highest BCUT2D eigenvalue weighted by Crippen LogP contribution is 2.05. The van der Waals surface area contributed by atoms with Crippen LogP contribution in [0.15, 0.2) is 34.3 Å². The fourth-order valence-corrected chi connectivity index (χ4v) is 1.06. The number of pyridine rings is 1. The van der Waals surface area contributed by atoms with Gasteiger partial charge in [-0.25, -0.2) is 0 Å². The smallest absolute Gasteiger partial charge is 0.278 e. The monoisotopic (exact) mass is 210 g/mol. The summed E-state index contributed by atoms with van der Waals surface area (Å²) in [5, 5.41) is 0. The molecule has 15 heavy (non-hydrogen) atoms. The van der Waals surface area contributed by atoms with Crippen LogP contribution in [0.4, 0.5) is 10.1 Å². The van der Waals surface area contributed by atoms with Crippen LogP contribution in [-0.2, 0) is 0 Å². The second kappa shape index (κ2) is 4.41. The summed E-state index contributed by atoms with van der Waals surface area (Å²) in [6.45, 7) is 0. The van der Waals surface area contributed by atoms with Crippen LogP contribution in [0.2, 0.25) is 0 Å². The van der Waals surface area contributed by atoms with E-state index in [1.165, 1.54) is 25.4 Å². The predicted octanol–water partition coefficient (Wildman–Crippen LogP) is 0.185. The van der Waals surface area contributed by atoms with Gasteiger partial charge in [-0.2, -0.15) is 4.39 Å². The Balaban J connectivity index is 3.39. The van der Waals surface area contributed by atoms with Crippen LogP contribution in [0.3, 0.4) is 0 Å². The third kappa shape index (κ3) is 2.04. The van der Waals surface area contributed by atoms with Crippen LogP contribution in [0, 0.1) is 0 Å². The van der Waals surface area contributed by atoms with Crippen molar-refractivity contribution in [3.63, 3.8) is 0 Å². The highest BCUT2D eigenvalue weighted by atomic mass is 19.1. The van der Waals surface area contributed by atoms with E-state index in [1.54, 1.807) is 0 Å². The zero-order valence-electron chi connectivity index (χ0n) is 8.14. The van der Waals surface area contributed by atoms with Crippen LogP contribution < -0.4 is 17.0 Å². The summed E-state index contributed by atoms with van der Waals surface area (Å²) in [5.74, 6) is -0.829. The Morgan fingerprint density at radius 2 is 2.33 bits per heavy atom. The first kappa shape index (κ1) is 11.0. The van der Waals surface area contributed by atoms with Crippen LogP contribution in [0.5, 0.6) is 0 Å². The number of nitrogens with two attached hydrogens (primary N) is 2. The number of anilines is 1. The van der Waals surface area contributed by atoms with Gasteiger partial charge in [-0.3, -0.25) is 14.4 Å². The number of hydrogen-bond acceptors (Lipinski definition) is 4. The van der Waals surface area contributed by atoms with Crippen LogP contribution >= 0.6 is 0 Å². The minimum absolute atomic E-state index is 0.0146. The Hall–Kier alpha value is -2.11. The molecular weight excluding hydrogens is 199 g/mol. The molecule has 6 heteroatoms. The quantitative estimate of drug-likeness (QED) is 0.683. The SMILES string of the molecule is CN=C(F)C(=CN)n1cccc(N)c1=O. The van der Waals surface area contributed by atoms with Gasteiger partial charge >= 0.3 is 0 Å². The standard InChI is InChI=1S/C9H11FN4O/c1-13-8(10)7(5-11)14-4-2-3-6(12)9(14)15/h2-5H,11-12H2,1H3. The first-order valence-corrected chi connectivity index (χ1v) is 4.14. The molecule has 0 bridgehead atoms. The number of aromatic nitrogens is 1. The van der Waals surface area contributed by atoms with Crippen molar-refractivity contribution >= 4 is 17.3 Å². The third-order valence-electron chi connectivity index (χ3n) is 1.80.